The lowest BCUT2D eigenvalue weighted by Gasteiger charge is -2.06. The average Bonchev–Trinajstić information content (AvgIpc) is 2.97. The van der Waals surface area contributed by atoms with Crippen LogP contribution in [-0.2, 0) is 11.3 Å². The van der Waals surface area contributed by atoms with Crippen molar-refractivity contribution in [2.75, 3.05) is 0 Å². The fourth-order valence-corrected chi connectivity index (χ4v) is 2.82. The Hall–Kier alpha value is -2.32. The highest BCUT2D eigenvalue weighted by Gasteiger charge is 2.17. The Balaban J connectivity index is 1.80. The van der Waals surface area contributed by atoms with Gasteiger partial charge in [0.25, 0.3) is 5.56 Å². The van der Waals surface area contributed by atoms with Crippen molar-refractivity contribution in [2.45, 2.75) is 6.61 Å². The maximum atomic E-state index is 13.2. The molecular formula is C14H7ClF2N2O3S. The van der Waals surface area contributed by atoms with Crippen molar-refractivity contribution in [1.82, 2.24) is 9.38 Å². The number of fused-ring (bicyclic) bond motifs is 1. The molecule has 3 aromatic rings. The summed E-state index contributed by atoms with van der Waals surface area (Å²) < 4.78 is 32.5. The van der Waals surface area contributed by atoms with Gasteiger partial charge >= 0.3 is 5.97 Å². The van der Waals surface area contributed by atoms with E-state index < -0.39 is 17.6 Å². The minimum Gasteiger partial charge on any atom is -0.456 e. The van der Waals surface area contributed by atoms with Gasteiger partial charge in [-0.1, -0.05) is 11.6 Å². The van der Waals surface area contributed by atoms with Crippen LogP contribution in [0.3, 0.4) is 0 Å². The first kappa shape index (κ1) is 15.6. The van der Waals surface area contributed by atoms with Crippen LogP contribution in [0.1, 0.15) is 16.1 Å². The fraction of sp³-hybridized carbons (Fsp3) is 0.0714. The van der Waals surface area contributed by atoms with Gasteiger partial charge in [0.15, 0.2) is 16.6 Å². The van der Waals surface area contributed by atoms with E-state index in [1.54, 1.807) is 11.6 Å². The number of benzene rings is 1. The second-order valence-corrected chi connectivity index (χ2v) is 5.74. The van der Waals surface area contributed by atoms with Gasteiger partial charge in [-0.2, -0.15) is 0 Å². The molecule has 2 heterocycles. The normalized spacial score (nSPS) is 10.9. The Morgan fingerprint density at radius 1 is 1.30 bits per heavy atom. The number of nitrogens with zero attached hydrogens (tertiary/aromatic N) is 2. The SMILES string of the molecule is O=C(OCc1cc(=O)n2ccsc2n1)c1cc(F)c(F)cc1Cl. The monoisotopic (exact) mass is 356 g/mol. The summed E-state index contributed by atoms with van der Waals surface area (Å²) in [5, 5.41) is 1.43. The van der Waals surface area contributed by atoms with Crippen LogP contribution >= 0.6 is 22.9 Å². The zero-order chi connectivity index (χ0) is 16.6. The zero-order valence-electron chi connectivity index (χ0n) is 11.3. The van der Waals surface area contributed by atoms with Gasteiger partial charge in [0.2, 0.25) is 0 Å². The molecule has 0 spiro atoms. The Bertz CT molecular complexity index is 970. The fourth-order valence-electron chi connectivity index (χ4n) is 1.86. The van der Waals surface area contributed by atoms with E-state index in [-0.39, 0.29) is 28.4 Å². The molecule has 2 aromatic heterocycles. The van der Waals surface area contributed by atoms with E-state index in [0.29, 0.717) is 17.1 Å². The molecule has 3 rings (SSSR count). The maximum Gasteiger partial charge on any atom is 0.340 e. The molecule has 118 valence electrons. The summed E-state index contributed by atoms with van der Waals surface area (Å²) in [6.07, 6.45) is 1.58. The third-order valence-electron chi connectivity index (χ3n) is 2.94. The molecular weight excluding hydrogens is 350 g/mol. The third kappa shape index (κ3) is 3.08. The number of esters is 1. The summed E-state index contributed by atoms with van der Waals surface area (Å²) in [4.78, 5) is 28.3. The van der Waals surface area contributed by atoms with Gasteiger partial charge in [0, 0.05) is 17.6 Å². The van der Waals surface area contributed by atoms with Crippen molar-refractivity contribution in [2.24, 2.45) is 0 Å². The zero-order valence-corrected chi connectivity index (χ0v) is 12.8. The molecule has 0 aliphatic rings. The number of rotatable bonds is 3. The minimum absolute atomic E-state index is 0.240. The van der Waals surface area contributed by atoms with E-state index in [1.165, 1.54) is 21.8 Å². The molecule has 0 amide bonds. The number of halogens is 3. The third-order valence-corrected chi connectivity index (χ3v) is 4.01. The van der Waals surface area contributed by atoms with Crippen molar-refractivity contribution < 1.29 is 18.3 Å². The van der Waals surface area contributed by atoms with Crippen LogP contribution in [0.25, 0.3) is 4.96 Å². The van der Waals surface area contributed by atoms with Crippen molar-refractivity contribution in [3.8, 4) is 0 Å². The first-order chi connectivity index (χ1) is 11.0. The molecule has 0 bridgehead atoms. The van der Waals surface area contributed by atoms with Crippen LogP contribution in [0.5, 0.6) is 0 Å². The number of hydrogen-bond acceptors (Lipinski definition) is 5. The molecule has 0 N–H and O–H groups in total. The van der Waals surface area contributed by atoms with Crippen LogP contribution in [0.4, 0.5) is 8.78 Å². The topological polar surface area (TPSA) is 60.7 Å². The van der Waals surface area contributed by atoms with Gasteiger partial charge in [0.1, 0.15) is 6.61 Å². The molecule has 1 aromatic carbocycles. The van der Waals surface area contributed by atoms with Gasteiger partial charge in [0.05, 0.1) is 16.3 Å². The first-order valence-corrected chi connectivity index (χ1v) is 7.49. The first-order valence-electron chi connectivity index (χ1n) is 6.23. The second kappa shape index (κ2) is 6.05. The lowest BCUT2D eigenvalue weighted by molar-refractivity contribution is 0.0467. The molecule has 5 nitrogen and oxygen atoms in total. The maximum absolute atomic E-state index is 13.2. The highest BCUT2D eigenvalue weighted by atomic mass is 35.5. The van der Waals surface area contributed by atoms with Crippen LogP contribution in [-0.4, -0.2) is 15.4 Å². The van der Waals surface area contributed by atoms with E-state index in [1.807, 2.05) is 0 Å². The van der Waals surface area contributed by atoms with Gasteiger partial charge < -0.3 is 4.74 Å². The van der Waals surface area contributed by atoms with Gasteiger partial charge in [-0.3, -0.25) is 9.20 Å². The van der Waals surface area contributed by atoms with Gasteiger partial charge in [-0.25, -0.2) is 18.6 Å². The Morgan fingerprint density at radius 2 is 2.04 bits per heavy atom. The second-order valence-electron chi connectivity index (χ2n) is 4.46. The molecule has 0 unspecified atom stereocenters. The van der Waals surface area contributed by atoms with Crippen LogP contribution in [0, 0.1) is 11.6 Å². The summed E-state index contributed by atoms with van der Waals surface area (Å²) in [5.74, 6) is -3.32. The average molecular weight is 357 g/mol. The van der Waals surface area contributed by atoms with Crippen molar-refractivity contribution in [1.29, 1.82) is 0 Å². The van der Waals surface area contributed by atoms with Crippen LogP contribution in [0.2, 0.25) is 5.02 Å². The molecule has 23 heavy (non-hydrogen) atoms. The molecule has 0 fully saturated rings. The van der Waals surface area contributed by atoms with E-state index in [2.05, 4.69) is 4.98 Å². The van der Waals surface area contributed by atoms with Gasteiger partial charge in [-0.05, 0) is 12.1 Å². The quantitative estimate of drug-likeness (QED) is 0.534. The molecule has 0 aliphatic heterocycles. The van der Waals surface area contributed by atoms with Crippen molar-refractivity contribution in [3.63, 3.8) is 0 Å². The standard InChI is InChI=1S/C14H7ClF2N2O3S/c15-9-5-11(17)10(16)4-8(9)13(21)22-6-7-3-12(20)19-1-2-23-14(19)18-7/h1-5H,6H2. The largest absolute Gasteiger partial charge is 0.456 e. The Kier molecular flexibility index (Phi) is 4.10. The van der Waals surface area contributed by atoms with E-state index in [9.17, 15) is 18.4 Å². The molecule has 0 aliphatic carbocycles. The van der Waals surface area contributed by atoms with Crippen LogP contribution in [0.15, 0.2) is 34.6 Å². The highest BCUT2D eigenvalue weighted by molar-refractivity contribution is 7.15. The Labute approximate surface area is 136 Å². The van der Waals surface area contributed by atoms with Crippen molar-refractivity contribution in [3.05, 3.63) is 68.0 Å². The number of ether oxygens (including phenoxy) is 1. The van der Waals surface area contributed by atoms with E-state index in [0.717, 1.165) is 0 Å². The summed E-state index contributed by atoms with van der Waals surface area (Å²) in [6, 6.07) is 2.57. The molecule has 0 saturated carbocycles. The predicted molar refractivity (Wildman–Crippen MR) is 79.8 cm³/mol. The number of hydrogen-bond donors (Lipinski definition) is 0. The summed E-state index contributed by atoms with van der Waals surface area (Å²) >= 11 is 6.94. The lowest BCUT2D eigenvalue weighted by Crippen LogP contribution is -2.15. The molecule has 9 heteroatoms. The van der Waals surface area contributed by atoms with Crippen molar-refractivity contribution >= 4 is 33.9 Å². The number of thiazole rings is 1. The number of carbonyl (C=O) groups excluding carboxylic acids is 1. The predicted octanol–water partition coefficient (Wildman–Crippen LogP) is 3.04. The van der Waals surface area contributed by atoms with Crippen LogP contribution < -0.4 is 5.56 Å². The molecule has 0 radical (unpaired) electrons. The lowest BCUT2D eigenvalue weighted by atomic mass is 10.2. The van der Waals surface area contributed by atoms with E-state index >= 15 is 0 Å². The number of aromatic nitrogens is 2. The molecule has 0 saturated heterocycles. The summed E-state index contributed by atoms with van der Waals surface area (Å²) in [6.45, 7) is -0.294. The van der Waals surface area contributed by atoms with Gasteiger partial charge in [-0.15, -0.1) is 11.3 Å². The smallest absolute Gasteiger partial charge is 0.340 e. The molecule has 0 atom stereocenters. The number of carbonyl (C=O) groups is 1. The minimum atomic E-state index is -1.21. The summed E-state index contributed by atoms with van der Waals surface area (Å²) in [5.41, 5.74) is -0.378. The van der Waals surface area contributed by atoms with E-state index in [4.69, 9.17) is 16.3 Å². The highest BCUT2D eigenvalue weighted by Crippen LogP contribution is 2.21. The Morgan fingerprint density at radius 3 is 2.83 bits per heavy atom. The summed E-state index contributed by atoms with van der Waals surface area (Å²) in [7, 11) is 0.